The third-order valence-electron chi connectivity index (χ3n) is 3.52. The minimum absolute atomic E-state index is 0.0722. The maximum absolute atomic E-state index is 12.3. The minimum Gasteiger partial charge on any atom is -0.352 e. The summed E-state index contributed by atoms with van der Waals surface area (Å²) in [5.74, 6) is 0.609. The molecule has 0 saturated heterocycles. The Morgan fingerprint density at radius 1 is 1.08 bits per heavy atom. The lowest BCUT2D eigenvalue weighted by Gasteiger charge is -2.20. The highest BCUT2D eigenvalue weighted by molar-refractivity contribution is 5.94. The van der Waals surface area contributed by atoms with E-state index in [9.17, 15) is 4.79 Å². The van der Waals surface area contributed by atoms with Gasteiger partial charge in [0, 0.05) is 30.9 Å². The molecular weight excluding hydrogens is 326 g/mol. The van der Waals surface area contributed by atoms with Crippen molar-refractivity contribution in [3.05, 3.63) is 65.5 Å². The molecule has 0 saturated carbocycles. The van der Waals surface area contributed by atoms with Crippen LogP contribution in [0.15, 0.2) is 53.7 Å². The molecular formula is C20H27N5O. The van der Waals surface area contributed by atoms with E-state index in [1.54, 1.807) is 13.2 Å². The van der Waals surface area contributed by atoms with E-state index < -0.39 is 0 Å². The van der Waals surface area contributed by atoms with Gasteiger partial charge in [-0.2, -0.15) is 0 Å². The van der Waals surface area contributed by atoms with Crippen molar-refractivity contribution in [2.75, 3.05) is 7.05 Å². The molecule has 26 heavy (non-hydrogen) atoms. The summed E-state index contributed by atoms with van der Waals surface area (Å²) in [7, 11) is 1.72. The molecule has 6 nitrogen and oxygen atoms in total. The zero-order chi connectivity index (χ0) is 19.0. The first-order valence-electron chi connectivity index (χ1n) is 8.63. The Hall–Kier alpha value is -2.89. The van der Waals surface area contributed by atoms with Crippen molar-refractivity contribution in [3.63, 3.8) is 0 Å². The first-order valence-corrected chi connectivity index (χ1v) is 8.63. The van der Waals surface area contributed by atoms with E-state index in [-0.39, 0.29) is 11.4 Å². The van der Waals surface area contributed by atoms with Gasteiger partial charge in [0.15, 0.2) is 5.96 Å². The van der Waals surface area contributed by atoms with Crippen LogP contribution in [0.2, 0.25) is 0 Å². The highest BCUT2D eigenvalue weighted by Crippen LogP contribution is 2.08. The summed E-state index contributed by atoms with van der Waals surface area (Å²) >= 11 is 0. The lowest BCUT2D eigenvalue weighted by Crippen LogP contribution is -2.40. The van der Waals surface area contributed by atoms with Crippen LogP contribution in [0.25, 0.3) is 0 Å². The Labute approximate surface area is 155 Å². The number of guanidine groups is 1. The van der Waals surface area contributed by atoms with Crippen molar-refractivity contribution >= 4 is 11.9 Å². The van der Waals surface area contributed by atoms with E-state index in [0.717, 1.165) is 11.3 Å². The van der Waals surface area contributed by atoms with Gasteiger partial charge in [-0.05, 0) is 50.6 Å². The molecule has 0 bridgehead atoms. The largest absolute Gasteiger partial charge is 0.352 e. The number of aromatic nitrogens is 1. The molecule has 0 spiro atoms. The Kier molecular flexibility index (Phi) is 6.72. The Morgan fingerprint density at radius 3 is 2.50 bits per heavy atom. The van der Waals surface area contributed by atoms with Gasteiger partial charge in [0.25, 0.3) is 5.91 Å². The van der Waals surface area contributed by atoms with Gasteiger partial charge in [-0.1, -0.05) is 18.2 Å². The standard InChI is InChI=1S/C20H27N5O/c1-20(2,3)25-18(26)16-9-7-8-15(12-16)13-23-19(21-4)24-14-17-10-5-6-11-22-17/h5-12H,13-14H2,1-4H3,(H,25,26)(H2,21,23,24). The SMILES string of the molecule is CN=C(NCc1cccc(C(=O)NC(C)(C)C)c1)NCc1ccccn1. The number of carbonyl (C=O) groups is 1. The fourth-order valence-corrected chi connectivity index (χ4v) is 2.32. The number of rotatable bonds is 5. The lowest BCUT2D eigenvalue weighted by atomic mass is 10.1. The van der Waals surface area contributed by atoms with Gasteiger partial charge in [0.05, 0.1) is 12.2 Å². The molecule has 0 aliphatic carbocycles. The normalized spacial score (nSPS) is 11.8. The van der Waals surface area contributed by atoms with Crippen LogP contribution in [-0.2, 0) is 13.1 Å². The number of benzene rings is 1. The molecule has 0 unspecified atom stereocenters. The van der Waals surface area contributed by atoms with E-state index in [0.29, 0.717) is 24.6 Å². The lowest BCUT2D eigenvalue weighted by molar-refractivity contribution is 0.0919. The summed E-state index contributed by atoms with van der Waals surface area (Å²) in [6.07, 6.45) is 1.77. The topological polar surface area (TPSA) is 78.4 Å². The van der Waals surface area contributed by atoms with Crippen molar-refractivity contribution in [1.82, 2.24) is 20.9 Å². The number of nitrogens with zero attached hydrogens (tertiary/aromatic N) is 2. The van der Waals surface area contributed by atoms with Gasteiger partial charge in [-0.25, -0.2) is 0 Å². The van der Waals surface area contributed by atoms with E-state index in [4.69, 9.17) is 0 Å². The second-order valence-corrected chi connectivity index (χ2v) is 7.00. The number of pyridine rings is 1. The Bertz CT molecular complexity index is 750. The number of aliphatic imine (C=N–C) groups is 1. The van der Waals surface area contributed by atoms with Crippen molar-refractivity contribution < 1.29 is 4.79 Å². The summed E-state index contributed by atoms with van der Waals surface area (Å²) in [6.45, 7) is 7.06. The zero-order valence-electron chi connectivity index (χ0n) is 15.8. The first kappa shape index (κ1) is 19.4. The molecule has 1 heterocycles. The molecule has 0 aliphatic heterocycles. The fourth-order valence-electron chi connectivity index (χ4n) is 2.32. The van der Waals surface area contributed by atoms with E-state index >= 15 is 0 Å². The predicted molar refractivity (Wildman–Crippen MR) is 105 cm³/mol. The van der Waals surface area contributed by atoms with Gasteiger partial charge < -0.3 is 16.0 Å². The van der Waals surface area contributed by atoms with Crippen LogP contribution in [0, 0.1) is 0 Å². The maximum Gasteiger partial charge on any atom is 0.251 e. The van der Waals surface area contributed by atoms with Crippen LogP contribution in [0.3, 0.4) is 0 Å². The monoisotopic (exact) mass is 353 g/mol. The van der Waals surface area contributed by atoms with E-state index in [1.807, 2.05) is 63.2 Å². The van der Waals surface area contributed by atoms with Gasteiger partial charge in [0.2, 0.25) is 0 Å². The van der Waals surface area contributed by atoms with Gasteiger partial charge in [-0.15, -0.1) is 0 Å². The van der Waals surface area contributed by atoms with Gasteiger partial charge >= 0.3 is 0 Å². The maximum atomic E-state index is 12.3. The molecule has 6 heteroatoms. The minimum atomic E-state index is -0.261. The predicted octanol–water partition coefficient (Wildman–Crippen LogP) is 2.48. The molecule has 0 fully saturated rings. The van der Waals surface area contributed by atoms with Crippen LogP contribution in [0.5, 0.6) is 0 Å². The summed E-state index contributed by atoms with van der Waals surface area (Å²) in [5.41, 5.74) is 2.34. The van der Waals surface area contributed by atoms with Crippen LogP contribution < -0.4 is 16.0 Å². The molecule has 3 N–H and O–H groups in total. The Morgan fingerprint density at radius 2 is 1.85 bits per heavy atom. The number of amides is 1. The highest BCUT2D eigenvalue weighted by Gasteiger charge is 2.15. The third-order valence-corrected chi connectivity index (χ3v) is 3.52. The second kappa shape index (κ2) is 8.99. The van der Waals surface area contributed by atoms with Crippen molar-refractivity contribution in [3.8, 4) is 0 Å². The number of carbonyl (C=O) groups excluding carboxylic acids is 1. The van der Waals surface area contributed by atoms with Crippen LogP contribution in [-0.4, -0.2) is 29.4 Å². The van der Waals surface area contributed by atoms with E-state index in [1.165, 1.54) is 0 Å². The summed E-state index contributed by atoms with van der Waals surface area (Å²) in [4.78, 5) is 20.8. The molecule has 138 valence electrons. The average Bonchev–Trinajstić information content (AvgIpc) is 2.61. The van der Waals surface area contributed by atoms with Crippen LogP contribution in [0.1, 0.15) is 42.4 Å². The highest BCUT2D eigenvalue weighted by atomic mass is 16.1. The summed E-state index contributed by atoms with van der Waals surface area (Å²) < 4.78 is 0. The van der Waals surface area contributed by atoms with Crippen molar-refractivity contribution in [1.29, 1.82) is 0 Å². The van der Waals surface area contributed by atoms with Gasteiger partial charge in [-0.3, -0.25) is 14.8 Å². The van der Waals surface area contributed by atoms with Crippen LogP contribution in [0.4, 0.5) is 0 Å². The van der Waals surface area contributed by atoms with Crippen LogP contribution >= 0.6 is 0 Å². The molecule has 1 aromatic heterocycles. The quantitative estimate of drug-likeness (QED) is 0.570. The average molecular weight is 353 g/mol. The molecule has 0 aliphatic rings. The first-order chi connectivity index (χ1) is 12.4. The number of hydrogen-bond acceptors (Lipinski definition) is 3. The second-order valence-electron chi connectivity index (χ2n) is 7.00. The number of nitrogens with one attached hydrogen (secondary N) is 3. The van der Waals surface area contributed by atoms with Crippen molar-refractivity contribution in [2.45, 2.75) is 39.4 Å². The van der Waals surface area contributed by atoms with E-state index in [2.05, 4.69) is 25.9 Å². The van der Waals surface area contributed by atoms with Crippen molar-refractivity contribution in [2.24, 2.45) is 4.99 Å². The molecule has 0 atom stereocenters. The molecule has 2 aromatic rings. The van der Waals surface area contributed by atoms with Gasteiger partial charge in [0.1, 0.15) is 0 Å². The molecule has 2 rings (SSSR count). The summed E-state index contributed by atoms with van der Waals surface area (Å²) in [6, 6.07) is 13.4. The molecule has 0 radical (unpaired) electrons. The molecule has 1 aromatic carbocycles. The third kappa shape index (κ3) is 6.55. The zero-order valence-corrected chi connectivity index (χ0v) is 15.8. The molecule has 1 amide bonds. The summed E-state index contributed by atoms with van der Waals surface area (Å²) in [5, 5.41) is 9.45. The number of hydrogen-bond donors (Lipinski definition) is 3. The Balaban J connectivity index is 1.91. The smallest absolute Gasteiger partial charge is 0.251 e. The fraction of sp³-hybridized carbons (Fsp3) is 0.350.